The van der Waals surface area contributed by atoms with Crippen LogP contribution in [0.5, 0.6) is 0 Å². The third-order valence-electron chi connectivity index (χ3n) is 3.07. The number of carbonyl (C=O) groups is 1. The summed E-state index contributed by atoms with van der Waals surface area (Å²) in [5, 5.41) is 13.5. The fraction of sp³-hybridized carbons (Fsp3) is 0. The summed E-state index contributed by atoms with van der Waals surface area (Å²) in [6, 6.07) is 18.5. The average molecular weight is 264 g/mol. The van der Waals surface area contributed by atoms with Crippen molar-refractivity contribution < 1.29 is 9.90 Å². The molecule has 3 rings (SSSR count). The van der Waals surface area contributed by atoms with E-state index in [0.29, 0.717) is 5.69 Å². The Morgan fingerprint density at radius 3 is 2.40 bits per heavy atom. The van der Waals surface area contributed by atoms with Crippen molar-refractivity contribution in [2.75, 3.05) is 0 Å². The second-order valence-electron chi connectivity index (χ2n) is 4.32. The lowest BCUT2D eigenvalue weighted by Gasteiger charge is -2.10. The van der Waals surface area contributed by atoms with Gasteiger partial charge in [0.2, 0.25) is 0 Å². The van der Waals surface area contributed by atoms with Crippen LogP contribution in [0.2, 0.25) is 0 Å². The molecule has 0 radical (unpaired) electrons. The molecule has 4 heteroatoms. The highest BCUT2D eigenvalue weighted by molar-refractivity contribution is 5.92. The smallest absolute Gasteiger partial charge is 0.337 e. The number of para-hydroxylation sites is 1. The molecule has 1 N–H and O–H groups in total. The lowest BCUT2D eigenvalue weighted by atomic mass is 10.1. The van der Waals surface area contributed by atoms with E-state index >= 15 is 0 Å². The average Bonchev–Trinajstić information content (AvgIpc) is 2.97. The minimum absolute atomic E-state index is 0.230. The van der Waals surface area contributed by atoms with Gasteiger partial charge in [-0.05, 0) is 18.2 Å². The molecule has 0 fully saturated rings. The Balaban J connectivity index is 2.18. The van der Waals surface area contributed by atoms with Gasteiger partial charge in [0.05, 0.1) is 23.1 Å². The van der Waals surface area contributed by atoms with Crippen LogP contribution in [0.4, 0.5) is 0 Å². The molecule has 2 aromatic carbocycles. The molecular weight excluding hydrogens is 252 g/mol. The van der Waals surface area contributed by atoms with Gasteiger partial charge in [-0.3, -0.25) is 0 Å². The Morgan fingerprint density at radius 1 is 0.950 bits per heavy atom. The molecule has 4 nitrogen and oxygen atoms in total. The molecule has 20 heavy (non-hydrogen) atoms. The first-order valence-electron chi connectivity index (χ1n) is 6.19. The Labute approximate surface area is 115 Å². The highest BCUT2D eigenvalue weighted by atomic mass is 16.4. The summed E-state index contributed by atoms with van der Waals surface area (Å²) in [5.74, 6) is -0.963. The van der Waals surface area contributed by atoms with Crippen LogP contribution >= 0.6 is 0 Å². The van der Waals surface area contributed by atoms with Gasteiger partial charge in [0.1, 0.15) is 0 Å². The van der Waals surface area contributed by atoms with Crippen molar-refractivity contribution in [3.05, 3.63) is 72.4 Å². The van der Waals surface area contributed by atoms with E-state index in [1.54, 1.807) is 35.1 Å². The Hall–Kier alpha value is -2.88. The molecule has 0 unspecified atom stereocenters. The van der Waals surface area contributed by atoms with E-state index in [4.69, 9.17) is 0 Å². The molecule has 0 aliphatic rings. The quantitative estimate of drug-likeness (QED) is 0.790. The lowest BCUT2D eigenvalue weighted by Crippen LogP contribution is -2.07. The van der Waals surface area contributed by atoms with Gasteiger partial charge in [-0.25, -0.2) is 9.48 Å². The van der Waals surface area contributed by atoms with Crippen LogP contribution in [0.1, 0.15) is 10.4 Å². The zero-order valence-electron chi connectivity index (χ0n) is 10.6. The molecule has 1 aromatic heterocycles. The van der Waals surface area contributed by atoms with Crippen molar-refractivity contribution in [1.82, 2.24) is 9.78 Å². The summed E-state index contributed by atoms with van der Waals surface area (Å²) in [6.07, 6.45) is 1.67. The summed E-state index contributed by atoms with van der Waals surface area (Å²) in [4.78, 5) is 11.3. The number of aromatic carboxylic acids is 1. The van der Waals surface area contributed by atoms with Crippen molar-refractivity contribution in [2.45, 2.75) is 0 Å². The fourth-order valence-corrected chi connectivity index (χ4v) is 2.16. The molecule has 0 aliphatic carbocycles. The number of hydrogen-bond acceptors (Lipinski definition) is 2. The van der Waals surface area contributed by atoms with Crippen LogP contribution in [-0.4, -0.2) is 20.9 Å². The summed E-state index contributed by atoms with van der Waals surface area (Å²) < 4.78 is 1.65. The Bertz CT molecular complexity index is 748. The largest absolute Gasteiger partial charge is 0.478 e. The molecule has 1 heterocycles. The van der Waals surface area contributed by atoms with Crippen LogP contribution in [0.3, 0.4) is 0 Å². The van der Waals surface area contributed by atoms with E-state index in [1.165, 1.54) is 0 Å². The molecule has 3 aromatic rings. The maximum absolute atomic E-state index is 11.3. The molecule has 0 atom stereocenters. The lowest BCUT2D eigenvalue weighted by molar-refractivity contribution is 0.0697. The number of hydrogen-bond donors (Lipinski definition) is 1. The fourth-order valence-electron chi connectivity index (χ4n) is 2.16. The van der Waals surface area contributed by atoms with Crippen LogP contribution in [0.15, 0.2) is 66.9 Å². The predicted molar refractivity (Wildman–Crippen MR) is 76.0 cm³/mol. The summed E-state index contributed by atoms with van der Waals surface area (Å²) in [7, 11) is 0. The molecule has 0 aliphatic heterocycles. The number of carboxylic acid groups (broad SMARTS) is 1. The van der Waals surface area contributed by atoms with E-state index in [2.05, 4.69) is 5.10 Å². The topological polar surface area (TPSA) is 55.1 Å². The molecule has 0 saturated heterocycles. The molecule has 98 valence electrons. The Morgan fingerprint density at radius 2 is 1.65 bits per heavy atom. The third-order valence-corrected chi connectivity index (χ3v) is 3.07. The Kier molecular flexibility index (Phi) is 3.05. The number of carboxylic acids is 1. The van der Waals surface area contributed by atoms with Crippen LogP contribution < -0.4 is 0 Å². The van der Waals surface area contributed by atoms with Gasteiger partial charge >= 0.3 is 5.97 Å². The van der Waals surface area contributed by atoms with E-state index in [1.807, 2.05) is 36.4 Å². The zero-order chi connectivity index (χ0) is 13.9. The van der Waals surface area contributed by atoms with Crippen molar-refractivity contribution in [1.29, 1.82) is 0 Å². The van der Waals surface area contributed by atoms with Crippen molar-refractivity contribution in [2.24, 2.45) is 0 Å². The number of benzene rings is 2. The van der Waals surface area contributed by atoms with Gasteiger partial charge in [-0.1, -0.05) is 42.5 Å². The second-order valence-corrected chi connectivity index (χ2v) is 4.32. The molecule has 0 bridgehead atoms. The molecule has 0 amide bonds. The molecule has 0 saturated carbocycles. The van der Waals surface area contributed by atoms with Crippen molar-refractivity contribution in [3.8, 4) is 16.9 Å². The van der Waals surface area contributed by atoms with Gasteiger partial charge in [-0.15, -0.1) is 0 Å². The zero-order valence-corrected chi connectivity index (χ0v) is 10.6. The third kappa shape index (κ3) is 2.07. The van der Waals surface area contributed by atoms with Crippen LogP contribution in [0.25, 0.3) is 16.9 Å². The van der Waals surface area contributed by atoms with Gasteiger partial charge < -0.3 is 5.11 Å². The van der Waals surface area contributed by atoms with Gasteiger partial charge in [0.25, 0.3) is 0 Å². The minimum atomic E-state index is -0.963. The van der Waals surface area contributed by atoms with Gasteiger partial charge in [-0.2, -0.15) is 5.10 Å². The predicted octanol–water partition coefficient (Wildman–Crippen LogP) is 3.24. The monoisotopic (exact) mass is 264 g/mol. The van der Waals surface area contributed by atoms with Gasteiger partial charge in [0.15, 0.2) is 0 Å². The molecule has 0 spiro atoms. The highest BCUT2D eigenvalue weighted by Gasteiger charge is 2.14. The highest BCUT2D eigenvalue weighted by Crippen LogP contribution is 2.23. The van der Waals surface area contributed by atoms with E-state index in [-0.39, 0.29) is 5.56 Å². The summed E-state index contributed by atoms with van der Waals surface area (Å²) in [5.41, 5.74) is 2.64. The number of aromatic nitrogens is 2. The first-order chi connectivity index (χ1) is 9.77. The normalized spacial score (nSPS) is 10.4. The molecular formula is C16H12N2O2. The standard InChI is InChI=1S/C16H12N2O2/c19-16(20)13-8-4-5-9-15(13)18-14(10-11-17-18)12-6-2-1-3-7-12/h1-11H,(H,19,20). The maximum atomic E-state index is 11.3. The van der Waals surface area contributed by atoms with Crippen LogP contribution in [0, 0.1) is 0 Å². The van der Waals surface area contributed by atoms with Crippen molar-refractivity contribution >= 4 is 5.97 Å². The second kappa shape index (κ2) is 5.01. The van der Waals surface area contributed by atoms with E-state index in [0.717, 1.165) is 11.3 Å². The number of nitrogens with zero attached hydrogens (tertiary/aromatic N) is 2. The van der Waals surface area contributed by atoms with E-state index in [9.17, 15) is 9.90 Å². The maximum Gasteiger partial charge on any atom is 0.337 e. The SMILES string of the molecule is O=C(O)c1ccccc1-n1nccc1-c1ccccc1. The van der Waals surface area contributed by atoms with E-state index < -0.39 is 5.97 Å². The first-order valence-corrected chi connectivity index (χ1v) is 6.19. The first kappa shape index (κ1) is 12.2. The summed E-state index contributed by atoms with van der Waals surface area (Å²) in [6.45, 7) is 0. The minimum Gasteiger partial charge on any atom is -0.478 e. The van der Waals surface area contributed by atoms with Crippen molar-refractivity contribution in [3.63, 3.8) is 0 Å². The van der Waals surface area contributed by atoms with Crippen LogP contribution in [-0.2, 0) is 0 Å². The van der Waals surface area contributed by atoms with Gasteiger partial charge in [0, 0.05) is 5.56 Å². The summed E-state index contributed by atoms with van der Waals surface area (Å²) >= 11 is 0. The number of rotatable bonds is 3.